The van der Waals surface area contributed by atoms with Gasteiger partial charge in [0.25, 0.3) is 5.91 Å². The second kappa shape index (κ2) is 8.30. The van der Waals surface area contributed by atoms with Crippen LogP contribution in [0, 0.1) is 5.82 Å². The van der Waals surface area contributed by atoms with Crippen molar-refractivity contribution in [3.8, 4) is 0 Å². The van der Waals surface area contributed by atoms with Crippen LogP contribution in [-0.2, 0) is 6.67 Å². The van der Waals surface area contributed by atoms with Gasteiger partial charge in [0.2, 0.25) is 0 Å². The van der Waals surface area contributed by atoms with Gasteiger partial charge in [0, 0.05) is 17.8 Å². The van der Waals surface area contributed by atoms with Crippen LogP contribution in [0.25, 0.3) is 0 Å². The maximum atomic E-state index is 14.5. The predicted molar refractivity (Wildman–Crippen MR) is 101 cm³/mol. The summed E-state index contributed by atoms with van der Waals surface area (Å²) in [5.74, 6) is -1.38. The van der Waals surface area contributed by atoms with Crippen LogP contribution in [0.5, 0.6) is 0 Å². The predicted octanol–water partition coefficient (Wildman–Crippen LogP) is 3.21. The Morgan fingerprint density at radius 3 is 2.70 bits per heavy atom. The Balaban J connectivity index is 1.91. The van der Waals surface area contributed by atoms with E-state index in [-0.39, 0.29) is 29.3 Å². The summed E-state index contributed by atoms with van der Waals surface area (Å²) in [5, 5.41) is 5.98. The molecule has 0 unspecified atom stereocenters. The van der Waals surface area contributed by atoms with Gasteiger partial charge >= 0.3 is 0 Å². The van der Waals surface area contributed by atoms with E-state index >= 15 is 0 Å². The van der Waals surface area contributed by atoms with Gasteiger partial charge in [0.1, 0.15) is 12.5 Å². The number of amides is 1. The van der Waals surface area contributed by atoms with Crippen LogP contribution in [0.2, 0.25) is 0 Å². The first kappa shape index (κ1) is 19.0. The molecule has 8 heteroatoms. The molecule has 2 atom stereocenters. The van der Waals surface area contributed by atoms with Crippen molar-refractivity contribution >= 4 is 23.2 Å². The molecule has 1 aromatic carbocycles. The van der Waals surface area contributed by atoms with Gasteiger partial charge < -0.3 is 22.1 Å². The lowest BCUT2D eigenvalue weighted by Gasteiger charge is -2.30. The summed E-state index contributed by atoms with van der Waals surface area (Å²) in [4.78, 5) is 15.9. The molecule has 1 aliphatic rings. The molecular formula is C19H23F2N5O. The molecule has 2 aromatic rings. The van der Waals surface area contributed by atoms with Crippen LogP contribution in [0.4, 0.5) is 26.1 Å². The van der Waals surface area contributed by atoms with Crippen LogP contribution in [0.3, 0.4) is 0 Å². The highest BCUT2D eigenvalue weighted by molar-refractivity contribution is 5.98. The number of alkyl halides is 1. The molecule has 0 radical (unpaired) electrons. The van der Waals surface area contributed by atoms with Gasteiger partial charge in [-0.05, 0) is 36.6 Å². The molecule has 144 valence electrons. The highest BCUT2D eigenvalue weighted by atomic mass is 19.1. The number of carbonyl (C=O) groups is 1. The number of nitrogens with two attached hydrogens (primary N) is 2. The summed E-state index contributed by atoms with van der Waals surface area (Å²) in [6.07, 6.45) is 3.74. The lowest BCUT2D eigenvalue weighted by atomic mass is 9.91. The van der Waals surface area contributed by atoms with Crippen molar-refractivity contribution in [1.82, 2.24) is 4.98 Å². The van der Waals surface area contributed by atoms with Gasteiger partial charge in [-0.25, -0.2) is 13.8 Å². The molecule has 0 spiro atoms. The maximum absolute atomic E-state index is 14.5. The molecule has 27 heavy (non-hydrogen) atoms. The highest BCUT2D eigenvalue weighted by Crippen LogP contribution is 2.27. The van der Waals surface area contributed by atoms with Crippen molar-refractivity contribution in [2.75, 3.05) is 10.6 Å². The molecule has 1 heterocycles. The normalized spacial score (nSPS) is 19.5. The minimum absolute atomic E-state index is 0.00601. The third-order valence-corrected chi connectivity index (χ3v) is 4.73. The summed E-state index contributed by atoms with van der Waals surface area (Å²) in [6, 6.07) is 7.45. The molecule has 0 bridgehead atoms. The zero-order valence-electron chi connectivity index (χ0n) is 14.8. The number of halogens is 2. The van der Waals surface area contributed by atoms with Crippen LogP contribution in [-0.4, -0.2) is 23.0 Å². The number of nitrogens with zero attached hydrogens (tertiary/aromatic N) is 1. The molecule has 1 aliphatic carbocycles. The molecule has 0 saturated heterocycles. The van der Waals surface area contributed by atoms with Crippen LogP contribution in [0.15, 0.2) is 30.3 Å². The SMILES string of the molecule is NC(=O)c1cc(F)c(N[C@@H]2CCCC[C@@H]2N)nc1Nc1cccc(CF)c1. The first-order valence-corrected chi connectivity index (χ1v) is 8.92. The van der Waals surface area contributed by atoms with E-state index in [4.69, 9.17) is 11.5 Å². The standard InChI is InChI=1S/C19H23F2N5O/c20-10-11-4-3-5-12(8-11)24-18-13(17(23)27)9-14(21)19(26-18)25-16-7-2-1-6-15(16)22/h3-5,8-9,15-16H,1-2,6-7,10,22H2,(H2,23,27)(H2,24,25,26)/t15-,16+/m0/s1. The fourth-order valence-electron chi connectivity index (χ4n) is 3.26. The smallest absolute Gasteiger partial charge is 0.252 e. The number of carbonyl (C=O) groups excluding carboxylic acids is 1. The van der Waals surface area contributed by atoms with Gasteiger partial charge in [-0.15, -0.1) is 0 Å². The Morgan fingerprint density at radius 2 is 2.00 bits per heavy atom. The second-order valence-electron chi connectivity index (χ2n) is 6.74. The fourth-order valence-corrected chi connectivity index (χ4v) is 3.26. The van der Waals surface area contributed by atoms with E-state index in [1.54, 1.807) is 24.3 Å². The molecule has 1 amide bonds. The Kier molecular flexibility index (Phi) is 5.85. The summed E-state index contributed by atoms with van der Waals surface area (Å²) in [7, 11) is 0. The van der Waals surface area contributed by atoms with Crippen LogP contribution < -0.4 is 22.1 Å². The molecule has 0 aliphatic heterocycles. The number of nitrogens with one attached hydrogen (secondary N) is 2. The Morgan fingerprint density at radius 1 is 1.22 bits per heavy atom. The van der Waals surface area contributed by atoms with Crippen molar-refractivity contribution in [3.63, 3.8) is 0 Å². The number of primary amides is 1. The van der Waals surface area contributed by atoms with E-state index in [1.165, 1.54) is 0 Å². The molecular weight excluding hydrogens is 352 g/mol. The quantitative estimate of drug-likeness (QED) is 0.620. The number of rotatable bonds is 6. The second-order valence-corrected chi connectivity index (χ2v) is 6.74. The van der Waals surface area contributed by atoms with Crippen molar-refractivity contribution < 1.29 is 13.6 Å². The molecule has 6 nitrogen and oxygen atoms in total. The third-order valence-electron chi connectivity index (χ3n) is 4.73. The lowest BCUT2D eigenvalue weighted by Crippen LogP contribution is -2.43. The summed E-state index contributed by atoms with van der Waals surface area (Å²) < 4.78 is 27.4. The topological polar surface area (TPSA) is 106 Å². The van der Waals surface area contributed by atoms with Gasteiger partial charge in [0.15, 0.2) is 11.6 Å². The van der Waals surface area contributed by atoms with Gasteiger partial charge in [-0.1, -0.05) is 25.0 Å². The third kappa shape index (κ3) is 4.51. The van der Waals surface area contributed by atoms with Gasteiger partial charge in [0.05, 0.1) is 5.56 Å². The lowest BCUT2D eigenvalue weighted by molar-refractivity contribution is 0.100. The number of benzene rings is 1. The Hall–Kier alpha value is -2.74. The maximum Gasteiger partial charge on any atom is 0.252 e. The molecule has 6 N–H and O–H groups in total. The van der Waals surface area contributed by atoms with E-state index < -0.39 is 18.4 Å². The first-order valence-electron chi connectivity index (χ1n) is 8.92. The van der Waals surface area contributed by atoms with Crippen molar-refractivity contribution in [2.24, 2.45) is 11.5 Å². The zero-order chi connectivity index (χ0) is 19.4. The van der Waals surface area contributed by atoms with E-state index in [0.29, 0.717) is 11.3 Å². The van der Waals surface area contributed by atoms with Gasteiger partial charge in [-0.2, -0.15) is 0 Å². The number of hydrogen-bond donors (Lipinski definition) is 4. The minimum Gasteiger partial charge on any atom is -0.365 e. The largest absolute Gasteiger partial charge is 0.365 e. The molecule has 3 rings (SSSR count). The average Bonchev–Trinajstić information content (AvgIpc) is 2.66. The molecule has 1 saturated carbocycles. The van der Waals surface area contributed by atoms with Gasteiger partial charge in [-0.3, -0.25) is 4.79 Å². The number of aromatic nitrogens is 1. The molecule has 1 fully saturated rings. The highest BCUT2D eigenvalue weighted by Gasteiger charge is 2.24. The number of anilines is 3. The fraction of sp³-hybridized carbons (Fsp3) is 0.368. The summed E-state index contributed by atoms with van der Waals surface area (Å²) in [6.45, 7) is -0.624. The van der Waals surface area contributed by atoms with Crippen LogP contribution in [0.1, 0.15) is 41.6 Å². The van der Waals surface area contributed by atoms with Crippen molar-refractivity contribution in [1.29, 1.82) is 0 Å². The Labute approximate surface area is 156 Å². The molecule has 1 aromatic heterocycles. The van der Waals surface area contributed by atoms with Crippen molar-refractivity contribution in [3.05, 3.63) is 47.3 Å². The summed E-state index contributed by atoms with van der Waals surface area (Å²) in [5.41, 5.74) is 12.4. The van der Waals surface area contributed by atoms with E-state index in [9.17, 15) is 13.6 Å². The minimum atomic E-state index is -0.813. The van der Waals surface area contributed by atoms with E-state index in [2.05, 4.69) is 15.6 Å². The van der Waals surface area contributed by atoms with E-state index in [0.717, 1.165) is 31.7 Å². The first-order chi connectivity index (χ1) is 13.0. The van der Waals surface area contributed by atoms with Crippen molar-refractivity contribution in [2.45, 2.75) is 44.4 Å². The monoisotopic (exact) mass is 375 g/mol. The zero-order valence-corrected chi connectivity index (χ0v) is 14.8. The number of pyridine rings is 1. The van der Waals surface area contributed by atoms with E-state index in [1.807, 2.05) is 0 Å². The van der Waals surface area contributed by atoms with Crippen LogP contribution >= 0.6 is 0 Å². The Bertz CT molecular complexity index is 830. The number of hydrogen-bond acceptors (Lipinski definition) is 5. The summed E-state index contributed by atoms with van der Waals surface area (Å²) >= 11 is 0. The average molecular weight is 375 g/mol.